The molecule has 2 saturated heterocycles. The van der Waals surface area contributed by atoms with Gasteiger partial charge in [-0.1, -0.05) is 83.7 Å². The van der Waals surface area contributed by atoms with Crippen LogP contribution < -0.4 is 10.4 Å². The van der Waals surface area contributed by atoms with Crippen LogP contribution in [0.15, 0.2) is 30.3 Å². The number of carboxylic acid groups (broad SMARTS) is 1. The molecule has 0 aromatic heterocycles. The highest BCUT2D eigenvalue weighted by Gasteiger charge is 2.70. The molecular formula is C35H57N3O9S. The number of amides is 2. The Hall–Kier alpha value is -3.19. The predicted molar refractivity (Wildman–Crippen MR) is 181 cm³/mol. The molecule has 48 heavy (non-hydrogen) atoms. The number of ether oxygens (including phenoxy) is 2. The van der Waals surface area contributed by atoms with Gasteiger partial charge in [-0.3, -0.25) is 9.59 Å². The molecule has 2 aliphatic rings. The Bertz CT molecular complexity index is 1270. The summed E-state index contributed by atoms with van der Waals surface area (Å²) in [6.45, 7) is 16.3. The maximum Gasteiger partial charge on any atom is 0.407 e. The minimum Gasteiger partial charge on any atom is -0.548 e. The predicted octanol–water partition coefficient (Wildman–Crippen LogP) is 3.57. The molecule has 0 radical (unpaired) electrons. The lowest BCUT2D eigenvalue weighted by Gasteiger charge is -2.43. The number of hydrogen-bond donors (Lipinski definition) is 1. The first kappa shape index (κ1) is 41.0. The maximum absolute atomic E-state index is 12.7. The van der Waals surface area contributed by atoms with Crippen molar-refractivity contribution in [2.75, 3.05) is 39.3 Å². The van der Waals surface area contributed by atoms with Crippen LogP contribution in [-0.4, -0.2) is 97.2 Å². The molecule has 3 atom stereocenters. The number of quaternary nitrogens is 1. The van der Waals surface area contributed by atoms with Crippen molar-refractivity contribution in [3.8, 4) is 0 Å². The average molecular weight is 696 g/mol. The van der Waals surface area contributed by atoms with E-state index in [2.05, 4.69) is 33.0 Å². The number of nitrogens with zero attached hydrogens (tertiary/aromatic N) is 2. The lowest BCUT2D eigenvalue weighted by atomic mass is 9.92. The fraction of sp³-hybridized carbons (Fsp3) is 0.714. The number of carbonyl (C=O) groups excluding carboxylic acids is 4. The third-order valence-corrected chi connectivity index (χ3v) is 12.2. The molecule has 2 fully saturated rings. The summed E-state index contributed by atoms with van der Waals surface area (Å²) in [7, 11) is -4.05. The van der Waals surface area contributed by atoms with E-state index in [0.29, 0.717) is 0 Å². The highest BCUT2D eigenvalue weighted by molar-refractivity contribution is 7.93. The highest BCUT2D eigenvalue weighted by atomic mass is 32.2. The monoisotopic (exact) mass is 695 g/mol. The van der Waals surface area contributed by atoms with Crippen LogP contribution in [0.25, 0.3) is 0 Å². The third-order valence-electron chi connectivity index (χ3n) is 9.36. The van der Waals surface area contributed by atoms with Gasteiger partial charge in [0.2, 0.25) is 5.91 Å². The molecule has 3 rings (SSSR count). The van der Waals surface area contributed by atoms with Crippen molar-refractivity contribution in [2.24, 2.45) is 5.92 Å². The van der Waals surface area contributed by atoms with Crippen LogP contribution in [0.1, 0.15) is 98.5 Å². The number of carbonyl (C=O) groups is 4. The Morgan fingerprint density at radius 2 is 1.38 bits per heavy atom. The van der Waals surface area contributed by atoms with Gasteiger partial charge in [0, 0.05) is 0 Å². The van der Waals surface area contributed by atoms with Crippen LogP contribution in [0.5, 0.6) is 0 Å². The molecule has 1 aromatic rings. The van der Waals surface area contributed by atoms with Crippen molar-refractivity contribution < 1.29 is 46.7 Å². The van der Waals surface area contributed by atoms with Crippen LogP contribution >= 0.6 is 0 Å². The van der Waals surface area contributed by atoms with Gasteiger partial charge in [-0.2, -0.15) is 0 Å². The van der Waals surface area contributed by atoms with Crippen LogP contribution in [0.4, 0.5) is 4.79 Å². The van der Waals surface area contributed by atoms with Gasteiger partial charge in [-0.05, 0) is 45.1 Å². The van der Waals surface area contributed by atoms with Gasteiger partial charge in [0.15, 0.2) is 9.84 Å². The summed E-state index contributed by atoms with van der Waals surface area (Å²) in [5.41, 5.74) is 0.754. The van der Waals surface area contributed by atoms with Crippen LogP contribution in [0.3, 0.4) is 0 Å². The number of esters is 1. The van der Waals surface area contributed by atoms with Gasteiger partial charge in [0.1, 0.15) is 31.1 Å². The summed E-state index contributed by atoms with van der Waals surface area (Å²) in [5, 5.41) is 12.2. The lowest BCUT2D eigenvalue weighted by Crippen LogP contribution is -2.66. The number of unbranched alkanes of at least 4 members (excludes halogenated alkanes) is 4. The zero-order valence-electron chi connectivity index (χ0n) is 29.7. The normalized spacial score (nSPS) is 20.5. The highest BCUT2D eigenvalue weighted by Crippen LogP contribution is 2.48. The minimum atomic E-state index is -4.05. The van der Waals surface area contributed by atoms with Gasteiger partial charge in [0.05, 0.1) is 42.9 Å². The fourth-order valence-corrected chi connectivity index (χ4v) is 8.64. The summed E-state index contributed by atoms with van der Waals surface area (Å²) in [6, 6.07) is 7.24. The molecule has 1 aromatic carbocycles. The Morgan fingerprint density at radius 1 is 0.875 bits per heavy atom. The largest absolute Gasteiger partial charge is 0.548 e. The second kappa shape index (κ2) is 19.1. The molecule has 0 unspecified atom stereocenters. The first-order chi connectivity index (χ1) is 22.7. The molecule has 0 saturated carbocycles. The molecule has 0 spiro atoms. The van der Waals surface area contributed by atoms with E-state index in [1.54, 1.807) is 24.3 Å². The molecule has 12 nitrogen and oxygen atoms in total. The number of β-lactam (4-membered cyclic amide) rings is 1. The van der Waals surface area contributed by atoms with E-state index in [9.17, 15) is 32.7 Å². The van der Waals surface area contributed by atoms with Gasteiger partial charge in [-0.15, -0.1) is 0 Å². The number of benzene rings is 1. The summed E-state index contributed by atoms with van der Waals surface area (Å²) < 4.78 is 34.9. The minimum absolute atomic E-state index is 0.00303. The van der Waals surface area contributed by atoms with Gasteiger partial charge < -0.3 is 34.1 Å². The molecule has 0 bridgehead atoms. The van der Waals surface area contributed by atoms with E-state index in [0.717, 1.165) is 10.5 Å². The molecule has 1 N–H and O–H groups in total. The van der Waals surface area contributed by atoms with E-state index >= 15 is 0 Å². The molecule has 2 amide bonds. The SMILES string of the molecule is CC1(C)[C@H](C(=O)[O-])N2C(=O)[C@@H](COC(=O)CNC(=O)OCc3ccccc3)[C@H]2S1(=O)=O.CCCC[N+](CCCC)(CCCC)CCCC. The Kier molecular flexibility index (Phi) is 16.3. The molecule has 2 heterocycles. The third kappa shape index (κ3) is 10.4. The van der Waals surface area contributed by atoms with Crippen LogP contribution in [0, 0.1) is 5.92 Å². The first-order valence-electron chi connectivity index (χ1n) is 17.4. The number of carboxylic acids is 1. The van der Waals surface area contributed by atoms with Gasteiger partial charge in [0.25, 0.3) is 0 Å². The van der Waals surface area contributed by atoms with Crippen molar-refractivity contribution in [1.29, 1.82) is 0 Å². The van der Waals surface area contributed by atoms with Crippen molar-refractivity contribution >= 4 is 33.8 Å². The Morgan fingerprint density at radius 3 is 1.83 bits per heavy atom. The zero-order valence-corrected chi connectivity index (χ0v) is 30.5. The number of sulfone groups is 1. The smallest absolute Gasteiger partial charge is 0.407 e. The standard InChI is InChI=1S/C19H22N2O9S.C16H36N/c1-19(2)14(17(24)25)21-15(23)12(16(21)31(19,27)28)10-29-13(22)8-20-18(26)30-9-11-6-4-3-5-7-11;1-5-9-13-17(14-10-6-2,15-11-7-3)16-12-8-4/h3-7,12,14,16H,8-10H2,1-2H3,(H,20,26)(H,24,25);5-16H2,1-4H3/q;+1/p-1/t12-,14+,16-;/m1./s1. The van der Waals surface area contributed by atoms with Gasteiger partial charge >= 0.3 is 12.1 Å². The molecule has 13 heteroatoms. The van der Waals surface area contributed by atoms with Crippen LogP contribution in [0.2, 0.25) is 0 Å². The van der Waals surface area contributed by atoms with Crippen molar-refractivity contribution in [2.45, 2.75) is 116 Å². The van der Waals surface area contributed by atoms with E-state index in [-0.39, 0.29) is 6.61 Å². The zero-order chi connectivity index (χ0) is 36.0. The Balaban J connectivity index is 0.000000401. The average Bonchev–Trinajstić information content (AvgIpc) is 3.21. The molecule has 0 aliphatic carbocycles. The molecule has 2 aliphatic heterocycles. The van der Waals surface area contributed by atoms with E-state index in [4.69, 9.17) is 9.47 Å². The first-order valence-corrected chi connectivity index (χ1v) is 19.0. The summed E-state index contributed by atoms with van der Waals surface area (Å²) in [5.74, 6) is -4.55. The van der Waals surface area contributed by atoms with E-state index in [1.807, 2.05) is 6.07 Å². The molecule has 272 valence electrons. The number of aliphatic carboxylic acids is 1. The number of fused-ring (bicyclic) bond motifs is 1. The van der Waals surface area contributed by atoms with Crippen molar-refractivity contribution in [1.82, 2.24) is 10.2 Å². The lowest BCUT2D eigenvalue weighted by molar-refractivity contribution is -0.929. The second-order valence-electron chi connectivity index (χ2n) is 13.4. The summed E-state index contributed by atoms with van der Waals surface area (Å²) in [6.07, 6.45) is 10.2. The Labute approximate surface area is 287 Å². The quantitative estimate of drug-likeness (QED) is 0.130. The van der Waals surface area contributed by atoms with Crippen molar-refractivity contribution in [3.05, 3.63) is 35.9 Å². The van der Waals surface area contributed by atoms with Gasteiger partial charge in [-0.25, -0.2) is 13.2 Å². The van der Waals surface area contributed by atoms with Crippen LogP contribution in [-0.2, 0) is 40.3 Å². The van der Waals surface area contributed by atoms with Crippen molar-refractivity contribution in [3.63, 3.8) is 0 Å². The van der Waals surface area contributed by atoms with E-state index < -0.39 is 69.0 Å². The number of alkyl carbamates (subject to hydrolysis) is 1. The maximum atomic E-state index is 12.7. The van der Waals surface area contributed by atoms with E-state index in [1.165, 1.54) is 95.9 Å². The fourth-order valence-electron chi connectivity index (χ4n) is 6.34. The summed E-state index contributed by atoms with van der Waals surface area (Å²) in [4.78, 5) is 48.0. The molecular weight excluding hydrogens is 638 g/mol. The number of hydrogen-bond acceptors (Lipinski definition) is 9. The second-order valence-corrected chi connectivity index (χ2v) is 16.0. The topological polar surface area (TPSA) is 159 Å². The summed E-state index contributed by atoms with van der Waals surface area (Å²) >= 11 is 0. The number of rotatable bonds is 19. The number of nitrogens with one attached hydrogen (secondary N) is 1.